The van der Waals surface area contributed by atoms with E-state index in [4.69, 9.17) is 0 Å². The van der Waals surface area contributed by atoms with E-state index < -0.39 is 5.41 Å². The molecule has 0 spiro atoms. The molecule has 4 rings (SSSR count). The van der Waals surface area contributed by atoms with Crippen molar-refractivity contribution in [2.24, 2.45) is 11.3 Å². The topological polar surface area (TPSA) is 17.1 Å². The van der Waals surface area contributed by atoms with Crippen LogP contribution in [-0.4, -0.2) is 5.78 Å². The summed E-state index contributed by atoms with van der Waals surface area (Å²) in [7, 11) is 0. The Morgan fingerprint density at radius 3 is 1.82 bits per heavy atom. The van der Waals surface area contributed by atoms with Crippen molar-refractivity contribution in [1.29, 1.82) is 0 Å². The van der Waals surface area contributed by atoms with Crippen molar-refractivity contribution < 1.29 is 4.79 Å². The second-order valence-corrected chi connectivity index (χ2v) is 7.80. The van der Waals surface area contributed by atoms with Crippen molar-refractivity contribution in [3.8, 4) is 11.8 Å². The van der Waals surface area contributed by atoms with Gasteiger partial charge in [0, 0.05) is 23.3 Å². The zero-order valence-corrected chi connectivity index (χ0v) is 16.3. The van der Waals surface area contributed by atoms with E-state index >= 15 is 0 Å². The highest BCUT2D eigenvalue weighted by molar-refractivity contribution is 5.94. The summed E-state index contributed by atoms with van der Waals surface area (Å²) in [5.74, 6) is 6.98. The first-order valence-corrected chi connectivity index (χ1v) is 9.83. The van der Waals surface area contributed by atoms with Gasteiger partial charge in [0.25, 0.3) is 0 Å². The highest BCUT2D eigenvalue weighted by atomic mass is 16.1. The molecule has 1 heteroatoms. The fourth-order valence-electron chi connectivity index (χ4n) is 4.66. The second-order valence-electron chi connectivity index (χ2n) is 7.80. The zero-order chi connectivity index (χ0) is 19.6. The molecule has 0 aliphatic heterocycles. The lowest BCUT2D eigenvalue weighted by molar-refractivity contribution is -0.125. The quantitative estimate of drug-likeness (QED) is 0.523. The fourth-order valence-corrected chi connectivity index (χ4v) is 4.66. The molecule has 0 radical (unpaired) electrons. The van der Waals surface area contributed by atoms with Crippen LogP contribution >= 0.6 is 0 Å². The number of carbonyl (C=O) groups excluding carboxylic acids is 1. The molecule has 4 atom stereocenters. The van der Waals surface area contributed by atoms with Gasteiger partial charge in [-0.2, -0.15) is 0 Å². The third-order valence-corrected chi connectivity index (χ3v) is 6.03. The number of rotatable bonds is 2. The Morgan fingerprint density at radius 1 is 0.750 bits per heavy atom. The van der Waals surface area contributed by atoms with Crippen molar-refractivity contribution in [3.63, 3.8) is 0 Å². The predicted octanol–water partition coefficient (Wildman–Crippen LogP) is 5.83. The van der Waals surface area contributed by atoms with E-state index in [0.29, 0.717) is 0 Å². The van der Waals surface area contributed by atoms with Gasteiger partial charge in [-0.1, -0.05) is 97.6 Å². The van der Waals surface area contributed by atoms with Gasteiger partial charge in [-0.25, -0.2) is 0 Å². The largest absolute Gasteiger partial charge is 0.298 e. The first-order valence-electron chi connectivity index (χ1n) is 9.83. The van der Waals surface area contributed by atoms with Crippen LogP contribution < -0.4 is 0 Å². The van der Waals surface area contributed by atoms with E-state index in [1.165, 1.54) is 11.1 Å². The number of hydrogen-bond acceptors (Lipinski definition) is 1. The van der Waals surface area contributed by atoms with Gasteiger partial charge in [0.2, 0.25) is 0 Å². The minimum Gasteiger partial charge on any atom is -0.298 e. The maximum absolute atomic E-state index is 13.5. The normalized spacial score (nSPS) is 26.5. The van der Waals surface area contributed by atoms with Gasteiger partial charge in [-0.05, 0) is 30.2 Å². The molecule has 1 aliphatic rings. The highest BCUT2D eigenvalue weighted by Crippen LogP contribution is 2.57. The molecule has 3 aromatic carbocycles. The molecule has 0 aromatic heterocycles. The Balaban J connectivity index is 1.87. The van der Waals surface area contributed by atoms with Crippen LogP contribution in [0.2, 0.25) is 0 Å². The maximum atomic E-state index is 13.5. The number of benzene rings is 3. The van der Waals surface area contributed by atoms with Gasteiger partial charge >= 0.3 is 0 Å². The van der Waals surface area contributed by atoms with E-state index in [0.717, 1.165) is 5.56 Å². The number of ketones is 1. The summed E-state index contributed by atoms with van der Waals surface area (Å²) >= 11 is 0. The summed E-state index contributed by atoms with van der Waals surface area (Å²) in [6.07, 6.45) is 0. The lowest BCUT2D eigenvalue weighted by Gasteiger charge is -2.29. The smallest absolute Gasteiger partial charge is 0.154 e. The van der Waals surface area contributed by atoms with Crippen LogP contribution in [0, 0.1) is 23.2 Å². The molecule has 3 aromatic rings. The van der Waals surface area contributed by atoms with Crippen LogP contribution in [0.15, 0.2) is 91.0 Å². The summed E-state index contributed by atoms with van der Waals surface area (Å²) in [5, 5.41) is 0. The Kier molecular flexibility index (Phi) is 4.88. The van der Waals surface area contributed by atoms with Crippen molar-refractivity contribution in [1.82, 2.24) is 0 Å². The molecule has 1 nitrogen and oxygen atoms in total. The first kappa shape index (κ1) is 18.3. The van der Waals surface area contributed by atoms with Gasteiger partial charge in [0.15, 0.2) is 5.78 Å². The molecule has 0 N–H and O–H groups in total. The number of hydrogen-bond donors (Lipinski definition) is 0. The monoisotopic (exact) mass is 364 g/mol. The predicted molar refractivity (Wildman–Crippen MR) is 114 cm³/mol. The summed E-state index contributed by atoms with van der Waals surface area (Å²) in [6, 6.07) is 30.7. The average molecular weight is 364 g/mol. The molecule has 0 amide bonds. The SMILES string of the molecule is C[C@@H]1C(=O)[C@@](C)(C#Cc2ccccc2)[C@H](c2ccccc2)[C@H]1c1ccccc1. The molecule has 28 heavy (non-hydrogen) atoms. The van der Waals surface area contributed by atoms with E-state index in [1.54, 1.807) is 0 Å². The van der Waals surface area contributed by atoms with Crippen LogP contribution in [0.3, 0.4) is 0 Å². The van der Waals surface area contributed by atoms with Crippen molar-refractivity contribution in [2.45, 2.75) is 25.7 Å². The number of Topliss-reactive ketones (excluding diaryl/α,β-unsaturated/α-hetero) is 1. The molecule has 138 valence electrons. The summed E-state index contributed by atoms with van der Waals surface area (Å²) < 4.78 is 0. The Morgan fingerprint density at radius 2 is 1.25 bits per heavy atom. The van der Waals surface area contributed by atoms with E-state index in [-0.39, 0.29) is 23.5 Å². The van der Waals surface area contributed by atoms with Crippen molar-refractivity contribution in [3.05, 3.63) is 108 Å². The van der Waals surface area contributed by atoms with Gasteiger partial charge < -0.3 is 0 Å². The Labute approximate surface area is 167 Å². The standard InChI is InChI=1S/C27H24O/c1-20-24(22-14-8-4-9-15-22)25(23-16-10-5-11-17-23)27(2,26(20)28)19-18-21-12-6-3-7-13-21/h3-17,20,24-25H,1-2H3/t20-,24+,25+,27-/m0/s1. The third kappa shape index (κ3) is 3.16. The molecule has 1 fully saturated rings. The summed E-state index contributed by atoms with van der Waals surface area (Å²) in [4.78, 5) is 13.5. The third-order valence-electron chi connectivity index (χ3n) is 6.03. The second kappa shape index (κ2) is 7.49. The van der Waals surface area contributed by atoms with Crippen LogP contribution in [0.1, 0.15) is 42.4 Å². The van der Waals surface area contributed by atoms with Gasteiger partial charge in [-0.3, -0.25) is 4.79 Å². The average Bonchev–Trinajstić information content (AvgIpc) is 2.96. The van der Waals surface area contributed by atoms with Gasteiger partial charge in [0.1, 0.15) is 0 Å². The van der Waals surface area contributed by atoms with Crippen LogP contribution in [0.25, 0.3) is 0 Å². The van der Waals surface area contributed by atoms with E-state index in [1.807, 2.05) is 49.4 Å². The van der Waals surface area contributed by atoms with Crippen molar-refractivity contribution >= 4 is 5.78 Å². The lowest BCUT2D eigenvalue weighted by atomic mass is 9.71. The Bertz CT molecular complexity index is 1010. The molecule has 0 saturated heterocycles. The Hall–Kier alpha value is -3.11. The highest BCUT2D eigenvalue weighted by Gasteiger charge is 2.56. The number of carbonyl (C=O) groups is 1. The van der Waals surface area contributed by atoms with Crippen molar-refractivity contribution in [2.75, 3.05) is 0 Å². The minimum absolute atomic E-state index is 0.0230. The molecular weight excluding hydrogens is 340 g/mol. The van der Waals surface area contributed by atoms with E-state index in [2.05, 4.69) is 67.3 Å². The van der Waals surface area contributed by atoms with Crippen LogP contribution in [0.5, 0.6) is 0 Å². The zero-order valence-electron chi connectivity index (χ0n) is 16.3. The molecule has 1 aliphatic carbocycles. The van der Waals surface area contributed by atoms with Crippen LogP contribution in [-0.2, 0) is 4.79 Å². The minimum atomic E-state index is -0.725. The van der Waals surface area contributed by atoms with Gasteiger partial charge in [-0.15, -0.1) is 0 Å². The molecule has 0 bridgehead atoms. The lowest BCUT2D eigenvalue weighted by Crippen LogP contribution is -2.28. The molecule has 1 saturated carbocycles. The van der Waals surface area contributed by atoms with Gasteiger partial charge in [0.05, 0.1) is 5.41 Å². The fraction of sp³-hybridized carbons (Fsp3) is 0.222. The molecule has 0 unspecified atom stereocenters. The first-order chi connectivity index (χ1) is 13.6. The van der Waals surface area contributed by atoms with Crippen LogP contribution in [0.4, 0.5) is 0 Å². The maximum Gasteiger partial charge on any atom is 0.154 e. The summed E-state index contributed by atoms with van der Waals surface area (Å²) in [6.45, 7) is 4.09. The van der Waals surface area contributed by atoms with E-state index in [9.17, 15) is 4.79 Å². The molecule has 0 heterocycles. The molecular formula is C27H24O. The summed E-state index contributed by atoms with van der Waals surface area (Å²) in [5.41, 5.74) is 2.61.